The summed E-state index contributed by atoms with van der Waals surface area (Å²) in [6, 6.07) is 0. The fourth-order valence-corrected chi connectivity index (χ4v) is 3.58. The Kier molecular flexibility index (Phi) is 2.69. The molecule has 1 aliphatic carbocycles. The van der Waals surface area contributed by atoms with Gasteiger partial charge in [-0.1, -0.05) is 6.92 Å². The molecular weight excluding hydrogens is 252 g/mol. The second-order valence-corrected chi connectivity index (χ2v) is 5.67. The van der Waals surface area contributed by atoms with Crippen LogP contribution in [0.25, 0.3) is 0 Å². The van der Waals surface area contributed by atoms with E-state index in [2.05, 4.69) is 9.47 Å². The largest absolute Gasteiger partial charge is 0.393 e. The first-order chi connectivity index (χ1) is 8.97. The van der Waals surface area contributed by atoms with Gasteiger partial charge in [0.05, 0.1) is 24.2 Å². The Hall–Kier alpha value is -1.72. The van der Waals surface area contributed by atoms with Crippen molar-refractivity contribution in [2.24, 2.45) is 29.6 Å². The van der Waals surface area contributed by atoms with Crippen molar-refractivity contribution < 1.29 is 28.7 Å². The van der Waals surface area contributed by atoms with Crippen molar-refractivity contribution in [2.45, 2.75) is 26.2 Å². The first-order valence-corrected chi connectivity index (χ1v) is 6.47. The van der Waals surface area contributed by atoms with Crippen LogP contribution < -0.4 is 0 Å². The number of hydrogen-bond donors (Lipinski definition) is 0. The highest BCUT2D eigenvalue weighted by Gasteiger charge is 2.53. The summed E-state index contributed by atoms with van der Waals surface area (Å²) in [5.41, 5.74) is 0. The standard InChI is InChI=1S/C13H14O6/c1-5-2-7-8(13(17)19-12(7)16)3-6(5)9-4-10(14)18-11(9)15/h5-9H,2-4H2,1H3. The van der Waals surface area contributed by atoms with E-state index in [-0.39, 0.29) is 24.2 Å². The normalized spacial score (nSPS) is 42.1. The van der Waals surface area contributed by atoms with Crippen molar-refractivity contribution >= 4 is 23.9 Å². The van der Waals surface area contributed by atoms with Crippen LogP contribution in [-0.4, -0.2) is 23.9 Å². The second kappa shape index (κ2) is 4.15. The van der Waals surface area contributed by atoms with Crippen LogP contribution in [-0.2, 0) is 28.7 Å². The Morgan fingerprint density at radius 3 is 2.00 bits per heavy atom. The quantitative estimate of drug-likeness (QED) is 0.505. The van der Waals surface area contributed by atoms with Crippen molar-refractivity contribution in [3.63, 3.8) is 0 Å². The smallest absolute Gasteiger partial charge is 0.317 e. The molecule has 0 N–H and O–H groups in total. The third-order valence-corrected chi connectivity index (χ3v) is 4.60. The Bertz CT molecular complexity index is 482. The fourth-order valence-electron chi connectivity index (χ4n) is 3.58. The molecule has 0 aromatic carbocycles. The third kappa shape index (κ3) is 1.86. The van der Waals surface area contributed by atoms with Crippen LogP contribution in [0.3, 0.4) is 0 Å². The summed E-state index contributed by atoms with van der Waals surface area (Å²) in [7, 11) is 0. The number of hydrogen-bond acceptors (Lipinski definition) is 6. The molecule has 6 heteroatoms. The van der Waals surface area contributed by atoms with Gasteiger partial charge in [0, 0.05) is 0 Å². The van der Waals surface area contributed by atoms with Crippen molar-refractivity contribution in [3.05, 3.63) is 0 Å². The molecule has 2 saturated heterocycles. The molecule has 3 rings (SSSR count). The summed E-state index contributed by atoms with van der Waals surface area (Å²) >= 11 is 0. The van der Waals surface area contributed by atoms with Crippen LogP contribution in [0.2, 0.25) is 0 Å². The number of rotatable bonds is 1. The molecule has 0 amide bonds. The van der Waals surface area contributed by atoms with Gasteiger partial charge in [-0.15, -0.1) is 0 Å². The molecule has 6 nitrogen and oxygen atoms in total. The van der Waals surface area contributed by atoms with Gasteiger partial charge in [-0.25, -0.2) is 0 Å². The van der Waals surface area contributed by atoms with E-state index in [1.54, 1.807) is 0 Å². The van der Waals surface area contributed by atoms with Crippen LogP contribution in [0, 0.1) is 29.6 Å². The lowest BCUT2D eigenvalue weighted by Gasteiger charge is -2.35. The number of esters is 4. The van der Waals surface area contributed by atoms with Gasteiger partial charge in [-0.05, 0) is 24.7 Å². The number of carbonyl (C=O) groups excluding carboxylic acids is 4. The van der Waals surface area contributed by atoms with Gasteiger partial charge >= 0.3 is 23.9 Å². The van der Waals surface area contributed by atoms with Gasteiger partial charge in [0.2, 0.25) is 0 Å². The maximum absolute atomic E-state index is 11.6. The van der Waals surface area contributed by atoms with Crippen molar-refractivity contribution in [1.82, 2.24) is 0 Å². The second-order valence-electron chi connectivity index (χ2n) is 5.67. The maximum Gasteiger partial charge on any atom is 0.317 e. The van der Waals surface area contributed by atoms with E-state index in [9.17, 15) is 19.2 Å². The lowest BCUT2D eigenvalue weighted by molar-refractivity contribution is -0.156. The summed E-state index contributed by atoms with van der Waals surface area (Å²) in [5, 5.41) is 0. The first kappa shape index (κ1) is 12.3. The number of ether oxygens (including phenoxy) is 2. The highest BCUT2D eigenvalue weighted by Crippen LogP contribution is 2.47. The summed E-state index contributed by atoms with van der Waals surface area (Å²) in [6.07, 6.45) is 1.02. The minimum Gasteiger partial charge on any atom is -0.393 e. The molecule has 1 saturated carbocycles. The lowest BCUT2D eigenvalue weighted by Crippen LogP contribution is -2.37. The van der Waals surface area contributed by atoms with Crippen LogP contribution in [0.5, 0.6) is 0 Å². The molecule has 102 valence electrons. The summed E-state index contributed by atoms with van der Waals surface area (Å²) in [5.74, 6) is -3.29. The molecule has 3 fully saturated rings. The minimum atomic E-state index is -0.505. The Morgan fingerprint density at radius 1 is 0.842 bits per heavy atom. The molecule has 3 aliphatic rings. The maximum atomic E-state index is 11.6. The van der Waals surface area contributed by atoms with Crippen molar-refractivity contribution in [1.29, 1.82) is 0 Å². The van der Waals surface area contributed by atoms with Gasteiger partial charge in [-0.2, -0.15) is 0 Å². The van der Waals surface area contributed by atoms with Crippen LogP contribution in [0.15, 0.2) is 0 Å². The van der Waals surface area contributed by atoms with E-state index in [1.165, 1.54) is 0 Å². The lowest BCUT2D eigenvalue weighted by atomic mass is 9.65. The molecule has 5 atom stereocenters. The zero-order valence-corrected chi connectivity index (χ0v) is 10.5. The molecule has 5 unspecified atom stereocenters. The summed E-state index contributed by atoms with van der Waals surface area (Å²) in [4.78, 5) is 45.9. The van der Waals surface area contributed by atoms with Gasteiger partial charge < -0.3 is 9.47 Å². The Labute approximate surface area is 109 Å². The van der Waals surface area contributed by atoms with Crippen LogP contribution in [0.1, 0.15) is 26.2 Å². The van der Waals surface area contributed by atoms with E-state index < -0.39 is 35.7 Å². The molecule has 0 spiro atoms. The number of carbonyl (C=O) groups is 4. The Morgan fingerprint density at radius 2 is 1.42 bits per heavy atom. The molecule has 0 aromatic rings. The van der Waals surface area contributed by atoms with Gasteiger partial charge in [0.1, 0.15) is 0 Å². The highest BCUT2D eigenvalue weighted by atomic mass is 16.6. The first-order valence-electron chi connectivity index (χ1n) is 6.47. The SMILES string of the molecule is CC1CC2C(=O)OC(=O)C2CC1C1CC(=O)OC1=O. The van der Waals surface area contributed by atoms with E-state index in [1.807, 2.05) is 6.92 Å². The number of cyclic esters (lactones) is 4. The number of fused-ring (bicyclic) bond motifs is 1. The Balaban J connectivity index is 1.81. The topological polar surface area (TPSA) is 86.7 Å². The zero-order chi connectivity index (χ0) is 13.7. The molecular formula is C13H14O6. The average Bonchev–Trinajstić information content (AvgIpc) is 2.79. The van der Waals surface area contributed by atoms with Crippen LogP contribution in [0.4, 0.5) is 0 Å². The summed E-state index contributed by atoms with van der Waals surface area (Å²) in [6.45, 7) is 1.94. The predicted octanol–water partition coefficient (Wildman–Crippen LogP) is 0.438. The molecule has 2 aliphatic heterocycles. The van der Waals surface area contributed by atoms with E-state index >= 15 is 0 Å². The van der Waals surface area contributed by atoms with Gasteiger partial charge in [0.25, 0.3) is 0 Å². The fraction of sp³-hybridized carbons (Fsp3) is 0.692. The predicted molar refractivity (Wildman–Crippen MR) is 59.2 cm³/mol. The third-order valence-electron chi connectivity index (χ3n) is 4.60. The van der Waals surface area contributed by atoms with Crippen molar-refractivity contribution in [2.75, 3.05) is 0 Å². The van der Waals surface area contributed by atoms with E-state index in [0.29, 0.717) is 12.8 Å². The van der Waals surface area contributed by atoms with E-state index in [4.69, 9.17) is 0 Å². The highest BCUT2D eigenvalue weighted by molar-refractivity contribution is 5.97. The minimum absolute atomic E-state index is 0.0776. The summed E-state index contributed by atoms with van der Waals surface area (Å²) < 4.78 is 9.23. The molecule has 0 aromatic heterocycles. The molecule has 19 heavy (non-hydrogen) atoms. The van der Waals surface area contributed by atoms with Gasteiger partial charge in [-0.3, -0.25) is 19.2 Å². The van der Waals surface area contributed by atoms with Crippen molar-refractivity contribution in [3.8, 4) is 0 Å². The van der Waals surface area contributed by atoms with E-state index in [0.717, 1.165) is 0 Å². The monoisotopic (exact) mass is 266 g/mol. The van der Waals surface area contributed by atoms with Crippen LogP contribution >= 0.6 is 0 Å². The molecule has 0 radical (unpaired) electrons. The van der Waals surface area contributed by atoms with Gasteiger partial charge in [0.15, 0.2) is 0 Å². The zero-order valence-electron chi connectivity index (χ0n) is 10.5. The average molecular weight is 266 g/mol. The molecule has 2 heterocycles. The molecule has 0 bridgehead atoms.